The summed E-state index contributed by atoms with van der Waals surface area (Å²) in [6.07, 6.45) is 9.64. The number of piperidine rings is 1. The molecular weight excluding hydrogens is 326 g/mol. The number of benzene rings is 1. The highest BCUT2D eigenvalue weighted by molar-refractivity contribution is 5.91. The average molecular weight is 351 g/mol. The van der Waals surface area contributed by atoms with Gasteiger partial charge in [0.2, 0.25) is 5.91 Å². The van der Waals surface area contributed by atoms with Crippen LogP contribution in [0.4, 0.5) is 0 Å². The van der Waals surface area contributed by atoms with E-state index in [4.69, 9.17) is 4.42 Å². The topological polar surface area (TPSA) is 53.7 Å². The van der Waals surface area contributed by atoms with E-state index in [2.05, 4.69) is 0 Å². The summed E-state index contributed by atoms with van der Waals surface area (Å²) >= 11 is 0. The summed E-state index contributed by atoms with van der Waals surface area (Å²) in [4.78, 5) is 14.8. The number of hydrogen-bond donors (Lipinski definition) is 1. The zero-order valence-corrected chi connectivity index (χ0v) is 14.9. The number of fused-ring (bicyclic) bond motifs is 1. The van der Waals surface area contributed by atoms with Gasteiger partial charge in [0, 0.05) is 24.6 Å². The largest absolute Gasteiger partial charge is 0.465 e. The third-order valence-corrected chi connectivity index (χ3v) is 5.97. The van der Waals surface area contributed by atoms with Crippen LogP contribution in [-0.2, 0) is 10.4 Å². The Labute approximate surface area is 154 Å². The van der Waals surface area contributed by atoms with E-state index in [1.165, 1.54) is 0 Å². The SMILES string of the molecule is O=C(/C=C/c1ccco1)N1CC[C@@](O)(c2ccccc2)[C@@H]2CCCC[C@H]21. The Morgan fingerprint density at radius 1 is 1.15 bits per heavy atom. The molecule has 2 heterocycles. The fraction of sp³-hybridized carbons (Fsp3) is 0.409. The third kappa shape index (κ3) is 3.10. The summed E-state index contributed by atoms with van der Waals surface area (Å²) in [5.41, 5.74) is 0.142. The van der Waals surface area contributed by atoms with Crippen molar-refractivity contribution in [1.29, 1.82) is 0 Å². The smallest absolute Gasteiger partial charge is 0.246 e. The van der Waals surface area contributed by atoms with Crippen LogP contribution >= 0.6 is 0 Å². The van der Waals surface area contributed by atoms with Gasteiger partial charge in [0.25, 0.3) is 0 Å². The monoisotopic (exact) mass is 351 g/mol. The van der Waals surface area contributed by atoms with Crippen LogP contribution < -0.4 is 0 Å². The second-order valence-electron chi connectivity index (χ2n) is 7.38. The van der Waals surface area contributed by atoms with Crippen molar-refractivity contribution in [3.05, 3.63) is 66.1 Å². The molecule has 2 aromatic rings. The van der Waals surface area contributed by atoms with Crippen molar-refractivity contribution in [2.45, 2.75) is 43.7 Å². The number of rotatable bonds is 3. The lowest BCUT2D eigenvalue weighted by Gasteiger charge is -2.52. The summed E-state index contributed by atoms with van der Waals surface area (Å²) < 4.78 is 5.27. The van der Waals surface area contributed by atoms with Gasteiger partial charge in [-0.25, -0.2) is 0 Å². The van der Waals surface area contributed by atoms with E-state index >= 15 is 0 Å². The lowest BCUT2D eigenvalue weighted by Crippen LogP contribution is -2.58. The van der Waals surface area contributed by atoms with Crippen molar-refractivity contribution in [3.63, 3.8) is 0 Å². The molecule has 1 amide bonds. The van der Waals surface area contributed by atoms with E-state index < -0.39 is 5.60 Å². The van der Waals surface area contributed by atoms with Crippen LogP contribution in [0, 0.1) is 5.92 Å². The number of carbonyl (C=O) groups excluding carboxylic acids is 1. The molecule has 1 saturated carbocycles. The van der Waals surface area contributed by atoms with Gasteiger partial charge in [-0.1, -0.05) is 43.2 Å². The molecule has 2 fully saturated rings. The summed E-state index contributed by atoms with van der Waals surface area (Å²) in [5.74, 6) is 0.776. The molecule has 0 bridgehead atoms. The van der Waals surface area contributed by atoms with E-state index in [-0.39, 0.29) is 17.9 Å². The highest BCUT2D eigenvalue weighted by Gasteiger charge is 2.49. The minimum Gasteiger partial charge on any atom is -0.465 e. The second-order valence-corrected chi connectivity index (χ2v) is 7.38. The Morgan fingerprint density at radius 2 is 1.96 bits per heavy atom. The molecule has 3 atom stereocenters. The highest BCUT2D eigenvalue weighted by Crippen LogP contribution is 2.46. The fourth-order valence-electron chi connectivity index (χ4n) is 4.68. The quantitative estimate of drug-likeness (QED) is 0.851. The molecule has 4 heteroatoms. The predicted octanol–water partition coefficient (Wildman–Crippen LogP) is 3.97. The van der Waals surface area contributed by atoms with E-state index in [1.54, 1.807) is 18.4 Å². The van der Waals surface area contributed by atoms with Crippen molar-refractivity contribution in [2.75, 3.05) is 6.54 Å². The van der Waals surface area contributed by atoms with Gasteiger partial charge < -0.3 is 14.4 Å². The fourth-order valence-corrected chi connectivity index (χ4v) is 4.68. The molecule has 2 aliphatic rings. The molecule has 1 saturated heterocycles. The number of aliphatic hydroxyl groups is 1. The highest BCUT2D eigenvalue weighted by atomic mass is 16.3. The van der Waals surface area contributed by atoms with Crippen molar-refractivity contribution >= 4 is 12.0 Å². The van der Waals surface area contributed by atoms with E-state index in [1.807, 2.05) is 47.4 Å². The lowest BCUT2D eigenvalue weighted by atomic mass is 9.66. The van der Waals surface area contributed by atoms with Crippen molar-refractivity contribution < 1.29 is 14.3 Å². The normalized spacial score (nSPS) is 28.9. The Morgan fingerprint density at radius 3 is 2.73 bits per heavy atom. The zero-order chi connectivity index (χ0) is 18.0. The van der Waals surface area contributed by atoms with Gasteiger partial charge in [-0.15, -0.1) is 0 Å². The maximum Gasteiger partial charge on any atom is 0.246 e. The van der Waals surface area contributed by atoms with Crippen LogP contribution in [-0.4, -0.2) is 28.5 Å². The maximum atomic E-state index is 12.8. The van der Waals surface area contributed by atoms with Crippen molar-refractivity contribution in [1.82, 2.24) is 4.90 Å². The molecule has 1 N–H and O–H groups in total. The first kappa shape index (κ1) is 17.1. The van der Waals surface area contributed by atoms with E-state index in [0.29, 0.717) is 18.7 Å². The molecule has 1 aliphatic carbocycles. The van der Waals surface area contributed by atoms with Gasteiger partial charge in [-0.2, -0.15) is 0 Å². The van der Waals surface area contributed by atoms with Gasteiger partial charge in [0.15, 0.2) is 0 Å². The average Bonchev–Trinajstić information content (AvgIpc) is 3.21. The van der Waals surface area contributed by atoms with E-state index in [0.717, 1.165) is 31.2 Å². The first-order valence-corrected chi connectivity index (χ1v) is 9.48. The molecule has 0 unspecified atom stereocenters. The van der Waals surface area contributed by atoms with Gasteiger partial charge in [-0.3, -0.25) is 4.79 Å². The lowest BCUT2D eigenvalue weighted by molar-refractivity contribution is -0.150. The Kier molecular flexibility index (Phi) is 4.68. The molecular formula is C22H25NO3. The minimum absolute atomic E-state index is 0.00779. The van der Waals surface area contributed by atoms with Crippen LogP contribution in [0.25, 0.3) is 6.08 Å². The summed E-state index contributed by atoms with van der Waals surface area (Å²) in [6.45, 7) is 0.577. The van der Waals surface area contributed by atoms with E-state index in [9.17, 15) is 9.90 Å². The summed E-state index contributed by atoms with van der Waals surface area (Å²) in [7, 11) is 0. The Balaban J connectivity index is 1.57. The molecule has 0 radical (unpaired) electrons. The Hall–Kier alpha value is -2.33. The first-order chi connectivity index (χ1) is 12.7. The number of amides is 1. The Bertz CT molecular complexity index is 768. The van der Waals surface area contributed by atoms with Gasteiger partial charge >= 0.3 is 0 Å². The van der Waals surface area contributed by atoms with Crippen LogP contribution in [0.5, 0.6) is 0 Å². The van der Waals surface area contributed by atoms with Crippen molar-refractivity contribution in [2.24, 2.45) is 5.92 Å². The third-order valence-electron chi connectivity index (χ3n) is 5.97. The molecule has 26 heavy (non-hydrogen) atoms. The maximum absolute atomic E-state index is 12.8. The molecule has 1 aliphatic heterocycles. The standard InChI is InChI=1S/C22H25NO3/c24-21(13-12-18-9-6-16-26-18)23-15-14-22(25,17-7-2-1-3-8-17)19-10-4-5-11-20(19)23/h1-3,6-9,12-13,16,19-20,25H,4-5,10-11,14-15H2/b13-12+/t19-,20-,22-/m1/s1. The van der Waals surface area contributed by atoms with Gasteiger partial charge in [-0.05, 0) is 43.0 Å². The number of nitrogens with zero attached hydrogens (tertiary/aromatic N) is 1. The van der Waals surface area contributed by atoms with Crippen molar-refractivity contribution in [3.8, 4) is 0 Å². The minimum atomic E-state index is -0.839. The number of likely N-dealkylation sites (tertiary alicyclic amines) is 1. The second kappa shape index (κ2) is 7.12. The summed E-state index contributed by atoms with van der Waals surface area (Å²) in [6, 6.07) is 13.7. The van der Waals surface area contributed by atoms with Gasteiger partial charge in [0.1, 0.15) is 5.76 Å². The predicted molar refractivity (Wildman–Crippen MR) is 100 cm³/mol. The molecule has 4 nitrogen and oxygen atoms in total. The number of carbonyl (C=O) groups is 1. The number of furan rings is 1. The molecule has 4 rings (SSSR count). The number of hydrogen-bond acceptors (Lipinski definition) is 3. The molecule has 136 valence electrons. The van der Waals surface area contributed by atoms with Crippen LogP contribution in [0.1, 0.15) is 43.4 Å². The van der Waals surface area contributed by atoms with Crippen LogP contribution in [0.3, 0.4) is 0 Å². The van der Waals surface area contributed by atoms with Gasteiger partial charge in [0.05, 0.1) is 11.9 Å². The zero-order valence-electron chi connectivity index (χ0n) is 14.9. The van der Waals surface area contributed by atoms with Crippen LogP contribution in [0.15, 0.2) is 59.2 Å². The molecule has 1 aromatic heterocycles. The van der Waals surface area contributed by atoms with Crippen LogP contribution in [0.2, 0.25) is 0 Å². The molecule has 1 aromatic carbocycles. The summed E-state index contributed by atoms with van der Waals surface area (Å²) in [5, 5.41) is 11.5. The first-order valence-electron chi connectivity index (χ1n) is 9.48. The molecule has 0 spiro atoms.